The van der Waals surface area contributed by atoms with Crippen molar-refractivity contribution in [2.75, 3.05) is 13.7 Å². The average molecular weight is 394 g/mol. The van der Waals surface area contributed by atoms with E-state index in [1.54, 1.807) is 24.3 Å². The van der Waals surface area contributed by atoms with Crippen LogP contribution in [-0.4, -0.2) is 36.6 Å². The Morgan fingerprint density at radius 2 is 1.79 bits per heavy atom. The Morgan fingerprint density at radius 1 is 1.07 bits per heavy atom. The second-order valence-corrected chi connectivity index (χ2v) is 7.34. The third kappa shape index (κ3) is 5.16. The molecule has 29 heavy (non-hydrogen) atoms. The summed E-state index contributed by atoms with van der Waals surface area (Å²) >= 11 is 0. The summed E-state index contributed by atoms with van der Waals surface area (Å²) in [5.41, 5.74) is 2.37. The van der Waals surface area contributed by atoms with Gasteiger partial charge in [0.05, 0.1) is 13.7 Å². The molecule has 0 saturated carbocycles. The van der Waals surface area contributed by atoms with Crippen LogP contribution in [0.3, 0.4) is 0 Å². The van der Waals surface area contributed by atoms with Crippen molar-refractivity contribution in [3.63, 3.8) is 0 Å². The number of benzene rings is 2. The zero-order valence-corrected chi connectivity index (χ0v) is 16.9. The van der Waals surface area contributed by atoms with Gasteiger partial charge >= 0.3 is 5.97 Å². The minimum absolute atomic E-state index is 0.331. The molecule has 1 atom stereocenters. The number of aromatic nitrogens is 1. The number of hydrogen-bond acceptors (Lipinski definition) is 4. The average Bonchev–Trinajstić information content (AvgIpc) is 3.14. The van der Waals surface area contributed by atoms with Crippen molar-refractivity contribution < 1.29 is 19.1 Å². The molecule has 0 radical (unpaired) electrons. The lowest BCUT2D eigenvalue weighted by Gasteiger charge is -2.16. The van der Waals surface area contributed by atoms with Crippen molar-refractivity contribution in [3.05, 3.63) is 65.9 Å². The predicted octanol–water partition coefficient (Wildman–Crippen LogP) is 3.72. The lowest BCUT2D eigenvalue weighted by Crippen LogP contribution is -2.43. The van der Waals surface area contributed by atoms with Crippen LogP contribution in [0.2, 0.25) is 0 Å². The van der Waals surface area contributed by atoms with Crippen LogP contribution < -0.4 is 10.1 Å². The van der Waals surface area contributed by atoms with Crippen molar-refractivity contribution in [2.24, 2.45) is 5.92 Å². The van der Waals surface area contributed by atoms with Gasteiger partial charge in [-0.25, -0.2) is 4.79 Å². The van der Waals surface area contributed by atoms with Gasteiger partial charge in [0.1, 0.15) is 11.8 Å². The van der Waals surface area contributed by atoms with Crippen LogP contribution >= 0.6 is 0 Å². The van der Waals surface area contributed by atoms with Gasteiger partial charge in [0, 0.05) is 29.1 Å². The van der Waals surface area contributed by atoms with Gasteiger partial charge in [-0.05, 0) is 41.8 Å². The van der Waals surface area contributed by atoms with Gasteiger partial charge in [0.15, 0.2) is 0 Å². The quantitative estimate of drug-likeness (QED) is 0.571. The maximum absolute atomic E-state index is 12.7. The Bertz CT molecular complexity index is 976. The zero-order valence-electron chi connectivity index (χ0n) is 16.9. The largest absolute Gasteiger partial charge is 0.493 e. The van der Waals surface area contributed by atoms with Gasteiger partial charge in [0.25, 0.3) is 5.91 Å². The standard InChI is InChI=1S/C23H26N2O4/c1-15(2)14-29-18-10-8-16(9-11-18)22(26)25-21(23(27)28-3)12-17-13-24-20-7-5-4-6-19(17)20/h4-11,13,15,21,24H,12,14H2,1-3H3,(H,25,26)/t21-/m0/s1. The van der Waals surface area contributed by atoms with Crippen LogP contribution in [-0.2, 0) is 16.0 Å². The first-order valence-electron chi connectivity index (χ1n) is 9.64. The summed E-state index contributed by atoms with van der Waals surface area (Å²) in [5.74, 6) is 0.304. The maximum atomic E-state index is 12.7. The van der Waals surface area contributed by atoms with E-state index in [-0.39, 0.29) is 5.91 Å². The summed E-state index contributed by atoms with van der Waals surface area (Å²) < 4.78 is 10.5. The fourth-order valence-corrected chi connectivity index (χ4v) is 3.06. The van der Waals surface area contributed by atoms with E-state index in [9.17, 15) is 9.59 Å². The molecule has 1 aromatic heterocycles. The smallest absolute Gasteiger partial charge is 0.328 e. The molecule has 6 heteroatoms. The van der Waals surface area contributed by atoms with E-state index in [0.29, 0.717) is 30.3 Å². The number of aromatic amines is 1. The maximum Gasteiger partial charge on any atom is 0.328 e. The molecule has 152 valence electrons. The highest BCUT2D eigenvalue weighted by atomic mass is 16.5. The normalized spacial score (nSPS) is 12.0. The van der Waals surface area contributed by atoms with E-state index in [1.165, 1.54) is 7.11 Å². The first kappa shape index (κ1) is 20.5. The number of carbonyl (C=O) groups is 2. The second-order valence-electron chi connectivity index (χ2n) is 7.34. The number of ether oxygens (including phenoxy) is 2. The number of esters is 1. The third-order valence-electron chi connectivity index (χ3n) is 4.59. The molecule has 0 aliphatic rings. The number of nitrogens with one attached hydrogen (secondary N) is 2. The summed E-state index contributed by atoms with van der Waals surface area (Å²) in [4.78, 5) is 28.1. The van der Waals surface area contributed by atoms with Crippen LogP contribution in [0.25, 0.3) is 10.9 Å². The predicted molar refractivity (Wildman–Crippen MR) is 112 cm³/mol. The second kappa shape index (κ2) is 9.28. The molecule has 0 aliphatic heterocycles. The number of hydrogen-bond donors (Lipinski definition) is 2. The van der Waals surface area contributed by atoms with Gasteiger partial charge in [0.2, 0.25) is 0 Å². The van der Waals surface area contributed by atoms with E-state index >= 15 is 0 Å². The number of para-hydroxylation sites is 1. The number of rotatable bonds is 8. The van der Waals surface area contributed by atoms with Crippen molar-refractivity contribution in [3.8, 4) is 5.75 Å². The summed E-state index contributed by atoms with van der Waals surface area (Å²) in [6.45, 7) is 4.76. The minimum atomic E-state index is -0.788. The van der Waals surface area contributed by atoms with Crippen molar-refractivity contribution in [1.29, 1.82) is 0 Å². The molecule has 0 unspecified atom stereocenters. The SMILES string of the molecule is COC(=O)[C@H](Cc1c[nH]c2ccccc12)NC(=O)c1ccc(OCC(C)C)cc1. The molecule has 2 N–H and O–H groups in total. The number of carbonyl (C=O) groups excluding carboxylic acids is 2. The van der Waals surface area contributed by atoms with Crippen molar-refractivity contribution in [1.82, 2.24) is 10.3 Å². The lowest BCUT2D eigenvalue weighted by atomic mass is 10.0. The van der Waals surface area contributed by atoms with Crippen molar-refractivity contribution in [2.45, 2.75) is 26.3 Å². The summed E-state index contributed by atoms with van der Waals surface area (Å²) in [5, 5.41) is 3.80. The molecular weight excluding hydrogens is 368 g/mol. The van der Waals surface area contributed by atoms with Gasteiger partial charge in [-0.3, -0.25) is 4.79 Å². The Kier molecular flexibility index (Phi) is 6.54. The highest BCUT2D eigenvalue weighted by molar-refractivity contribution is 5.97. The number of amides is 1. The first-order chi connectivity index (χ1) is 14.0. The molecule has 0 bridgehead atoms. The third-order valence-corrected chi connectivity index (χ3v) is 4.59. The summed E-state index contributed by atoms with van der Waals surface area (Å²) in [7, 11) is 1.32. The summed E-state index contributed by atoms with van der Waals surface area (Å²) in [6, 6.07) is 13.9. The highest BCUT2D eigenvalue weighted by Gasteiger charge is 2.24. The van der Waals surface area contributed by atoms with Crippen LogP contribution in [0.4, 0.5) is 0 Å². The van der Waals surface area contributed by atoms with E-state index in [4.69, 9.17) is 9.47 Å². The molecule has 3 rings (SSSR count). The van der Waals surface area contributed by atoms with Crippen molar-refractivity contribution >= 4 is 22.8 Å². The molecular formula is C23H26N2O4. The fraction of sp³-hybridized carbons (Fsp3) is 0.304. The Labute approximate surface area is 170 Å². The molecule has 0 aliphatic carbocycles. The Hall–Kier alpha value is -3.28. The van der Waals surface area contributed by atoms with E-state index < -0.39 is 12.0 Å². The van der Waals surface area contributed by atoms with Gasteiger partial charge in [-0.15, -0.1) is 0 Å². The van der Waals surface area contributed by atoms with E-state index in [1.807, 2.05) is 30.5 Å². The number of H-pyrrole nitrogens is 1. The molecule has 0 saturated heterocycles. The molecule has 2 aromatic carbocycles. The Balaban J connectivity index is 1.71. The molecule has 0 fully saturated rings. The van der Waals surface area contributed by atoms with E-state index in [0.717, 1.165) is 16.5 Å². The first-order valence-corrected chi connectivity index (χ1v) is 9.64. The lowest BCUT2D eigenvalue weighted by molar-refractivity contribution is -0.142. The van der Waals surface area contributed by atoms with E-state index in [2.05, 4.69) is 24.1 Å². The molecule has 1 amide bonds. The molecule has 3 aromatic rings. The number of fused-ring (bicyclic) bond motifs is 1. The Morgan fingerprint density at radius 3 is 2.48 bits per heavy atom. The topological polar surface area (TPSA) is 80.4 Å². The number of methoxy groups -OCH3 is 1. The van der Waals surface area contributed by atoms with Crippen LogP contribution in [0.1, 0.15) is 29.8 Å². The fourth-order valence-electron chi connectivity index (χ4n) is 3.06. The van der Waals surface area contributed by atoms with Crippen LogP contribution in [0.5, 0.6) is 5.75 Å². The minimum Gasteiger partial charge on any atom is -0.493 e. The monoisotopic (exact) mass is 394 g/mol. The zero-order chi connectivity index (χ0) is 20.8. The summed E-state index contributed by atoms with van der Waals surface area (Å²) in [6.07, 6.45) is 2.19. The molecule has 6 nitrogen and oxygen atoms in total. The molecule has 0 spiro atoms. The highest BCUT2D eigenvalue weighted by Crippen LogP contribution is 2.20. The van der Waals surface area contributed by atoms with Crippen LogP contribution in [0.15, 0.2) is 54.7 Å². The van der Waals surface area contributed by atoms with Crippen LogP contribution in [0, 0.1) is 5.92 Å². The molecule has 1 heterocycles. The van der Waals surface area contributed by atoms with Gasteiger partial charge in [-0.1, -0.05) is 32.0 Å². The van der Waals surface area contributed by atoms with Gasteiger partial charge < -0.3 is 19.8 Å². The van der Waals surface area contributed by atoms with Gasteiger partial charge in [-0.2, -0.15) is 0 Å².